The highest BCUT2D eigenvalue weighted by molar-refractivity contribution is 7.93. The Hall–Kier alpha value is -4.64. The Morgan fingerprint density at radius 2 is 1.37 bits per heavy atom. The summed E-state index contributed by atoms with van der Waals surface area (Å²) in [5.74, 6) is 2.68. The van der Waals surface area contributed by atoms with E-state index < -0.39 is 9.84 Å². The zero-order chi connectivity index (χ0) is 30.0. The van der Waals surface area contributed by atoms with Crippen LogP contribution in [0.1, 0.15) is 16.7 Å². The summed E-state index contributed by atoms with van der Waals surface area (Å²) in [5.41, 5.74) is 2.41. The quantitative estimate of drug-likeness (QED) is 0.243. The second-order valence-electron chi connectivity index (χ2n) is 8.55. The molecule has 0 saturated heterocycles. The van der Waals surface area contributed by atoms with Gasteiger partial charge in [0.05, 0.1) is 65.4 Å². The molecule has 0 aromatic heterocycles. The van der Waals surface area contributed by atoms with Gasteiger partial charge < -0.3 is 39.1 Å². The van der Waals surface area contributed by atoms with Crippen LogP contribution in [0.2, 0.25) is 0 Å². The van der Waals surface area contributed by atoms with E-state index in [1.807, 2.05) is 0 Å². The van der Waals surface area contributed by atoms with E-state index in [0.717, 1.165) is 5.41 Å². The van der Waals surface area contributed by atoms with Crippen LogP contribution < -0.4 is 33.7 Å². The van der Waals surface area contributed by atoms with E-state index in [-0.39, 0.29) is 11.5 Å². The first kappa shape index (κ1) is 30.9. The summed E-state index contributed by atoms with van der Waals surface area (Å²) >= 11 is 0. The molecule has 11 heteroatoms. The smallest absolute Gasteiger partial charge is 0.175 e. The molecule has 3 aromatic rings. The van der Waals surface area contributed by atoms with Crippen molar-refractivity contribution in [1.82, 2.24) is 0 Å². The second kappa shape index (κ2) is 14.1. The number of benzene rings is 3. The average Bonchev–Trinajstić information content (AvgIpc) is 2.98. The van der Waals surface area contributed by atoms with Crippen LogP contribution >= 0.6 is 0 Å². The largest absolute Gasteiger partial charge is 0.496 e. The fraction of sp³-hybridized carbons (Fsp3) is 0.233. The fourth-order valence-electron chi connectivity index (χ4n) is 3.92. The van der Waals surface area contributed by atoms with Crippen LogP contribution in [0, 0.1) is 5.41 Å². The van der Waals surface area contributed by atoms with Crippen molar-refractivity contribution < 1.29 is 36.8 Å². The predicted molar refractivity (Wildman–Crippen MR) is 160 cm³/mol. The van der Waals surface area contributed by atoms with Crippen molar-refractivity contribution in [1.29, 1.82) is 5.41 Å². The summed E-state index contributed by atoms with van der Waals surface area (Å²) in [6, 6.07) is 13.5. The summed E-state index contributed by atoms with van der Waals surface area (Å²) < 4.78 is 58.0. The summed E-state index contributed by atoms with van der Waals surface area (Å²) in [6.07, 6.45) is 4.59. The lowest BCUT2D eigenvalue weighted by molar-refractivity contribution is 0.355. The number of allylic oxidation sites excluding steroid dienone is 1. The molecule has 218 valence electrons. The summed E-state index contributed by atoms with van der Waals surface area (Å²) in [4.78, 5) is 0. The van der Waals surface area contributed by atoms with Gasteiger partial charge in [-0.15, -0.1) is 0 Å². The molecule has 0 bridgehead atoms. The normalized spacial score (nSPS) is 11.4. The van der Waals surface area contributed by atoms with Gasteiger partial charge in [0.15, 0.2) is 21.3 Å². The third-order valence-electron chi connectivity index (χ3n) is 6.01. The summed E-state index contributed by atoms with van der Waals surface area (Å²) in [7, 11) is 5.40. The highest BCUT2D eigenvalue weighted by Crippen LogP contribution is 2.35. The molecule has 0 aliphatic rings. The van der Waals surface area contributed by atoms with Crippen LogP contribution in [0.3, 0.4) is 0 Å². The molecule has 0 saturated carbocycles. The molecular weight excluding hydrogens is 548 g/mol. The third-order valence-corrected chi connectivity index (χ3v) is 7.30. The van der Waals surface area contributed by atoms with E-state index in [0.29, 0.717) is 56.9 Å². The monoisotopic (exact) mass is 582 g/mol. The molecule has 3 aromatic carbocycles. The first-order valence-corrected chi connectivity index (χ1v) is 14.0. The van der Waals surface area contributed by atoms with Crippen molar-refractivity contribution in [2.75, 3.05) is 48.0 Å². The first-order valence-electron chi connectivity index (χ1n) is 12.3. The fourth-order valence-corrected chi connectivity index (χ4v) is 5.01. The van der Waals surface area contributed by atoms with Gasteiger partial charge in [-0.05, 0) is 48.0 Å². The Kier molecular flexibility index (Phi) is 10.6. The van der Waals surface area contributed by atoms with E-state index in [2.05, 4.69) is 5.32 Å². The zero-order valence-electron chi connectivity index (χ0n) is 23.8. The highest BCUT2D eigenvalue weighted by atomic mass is 32.2. The lowest BCUT2D eigenvalue weighted by atomic mass is 10.1. The molecule has 0 aliphatic heterocycles. The minimum absolute atomic E-state index is 0.227. The van der Waals surface area contributed by atoms with Gasteiger partial charge in [-0.3, -0.25) is 0 Å². The van der Waals surface area contributed by atoms with E-state index in [1.54, 1.807) is 67.9 Å². The molecule has 0 fully saturated rings. The van der Waals surface area contributed by atoms with Crippen LogP contribution in [0.5, 0.6) is 34.5 Å². The number of methoxy groups -OCH3 is 6. The minimum Gasteiger partial charge on any atom is -0.496 e. The Balaban J connectivity index is 1.78. The molecule has 0 heterocycles. The maximum Gasteiger partial charge on any atom is 0.175 e. The van der Waals surface area contributed by atoms with Crippen LogP contribution in [0.15, 0.2) is 66.2 Å². The predicted octanol–water partition coefficient (Wildman–Crippen LogP) is 5.32. The van der Waals surface area contributed by atoms with Crippen LogP contribution in [0.25, 0.3) is 6.08 Å². The molecule has 0 radical (unpaired) electrons. The van der Waals surface area contributed by atoms with Gasteiger partial charge in [0, 0.05) is 29.3 Å². The molecule has 0 spiro atoms. The lowest BCUT2D eigenvalue weighted by Crippen LogP contribution is -2.03. The van der Waals surface area contributed by atoms with Gasteiger partial charge >= 0.3 is 0 Å². The molecule has 10 nitrogen and oxygen atoms in total. The highest BCUT2D eigenvalue weighted by Gasteiger charge is 2.15. The number of hydrogen-bond donors (Lipinski definition) is 2. The Labute approximate surface area is 240 Å². The van der Waals surface area contributed by atoms with E-state index in [4.69, 9.17) is 33.8 Å². The first-order chi connectivity index (χ1) is 19.7. The molecular formula is C30H34N2O8S. The Bertz CT molecular complexity index is 1520. The number of rotatable bonds is 14. The number of sulfone groups is 1. The third kappa shape index (κ3) is 7.95. The standard InChI is InChI=1S/C30H34N2O8S/c1-35-22-17-28(38-4)23(29(18-22)39-5)12-14-41(33,34)19-20-7-9-26(36-2)25(15-20)32-13-11-24(31)21-8-10-27(37-3)30(16-21)40-6/h7-18,31-32H,19H2,1-6H3/b13-11-,14-12+,31-24?. The van der Waals surface area contributed by atoms with Crippen molar-refractivity contribution in [3.8, 4) is 34.5 Å². The van der Waals surface area contributed by atoms with E-state index in [1.165, 1.54) is 41.6 Å². The average molecular weight is 583 g/mol. The maximum absolute atomic E-state index is 13.0. The molecule has 0 unspecified atom stereocenters. The number of ether oxygens (including phenoxy) is 6. The zero-order valence-corrected chi connectivity index (χ0v) is 24.6. The second-order valence-corrected chi connectivity index (χ2v) is 10.4. The minimum atomic E-state index is -3.68. The van der Waals surface area contributed by atoms with Gasteiger partial charge in [0.1, 0.15) is 23.0 Å². The van der Waals surface area contributed by atoms with Crippen molar-refractivity contribution in [3.63, 3.8) is 0 Å². The van der Waals surface area contributed by atoms with E-state index >= 15 is 0 Å². The summed E-state index contributed by atoms with van der Waals surface area (Å²) in [5, 5.41) is 12.6. The SMILES string of the molecule is COc1cc(OC)c(/C=C/S(=O)(=O)Cc2ccc(OC)c(N/C=C\C(=N)c3ccc(OC)c(OC)c3)c2)c(OC)c1. The van der Waals surface area contributed by atoms with Crippen LogP contribution in [-0.4, -0.2) is 56.8 Å². The van der Waals surface area contributed by atoms with Gasteiger partial charge in [-0.2, -0.15) is 0 Å². The molecule has 0 aliphatic carbocycles. The van der Waals surface area contributed by atoms with Crippen molar-refractivity contribution in [2.24, 2.45) is 0 Å². The van der Waals surface area contributed by atoms with Gasteiger partial charge in [-0.1, -0.05) is 6.07 Å². The van der Waals surface area contributed by atoms with Gasteiger partial charge in [0.2, 0.25) is 0 Å². The number of anilines is 1. The van der Waals surface area contributed by atoms with Crippen molar-refractivity contribution >= 4 is 27.3 Å². The van der Waals surface area contributed by atoms with Crippen LogP contribution in [-0.2, 0) is 15.6 Å². The summed E-state index contributed by atoms with van der Waals surface area (Å²) in [6.45, 7) is 0. The molecule has 0 atom stereocenters. The lowest BCUT2D eigenvalue weighted by Gasteiger charge is -2.13. The molecule has 0 amide bonds. The van der Waals surface area contributed by atoms with Crippen molar-refractivity contribution in [2.45, 2.75) is 5.75 Å². The molecule has 3 rings (SSSR count). The Morgan fingerprint density at radius 1 is 0.756 bits per heavy atom. The number of nitrogens with one attached hydrogen (secondary N) is 2. The van der Waals surface area contributed by atoms with Gasteiger partial charge in [0.25, 0.3) is 0 Å². The van der Waals surface area contributed by atoms with Crippen molar-refractivity contribution in [3.05, 3.63) is 82.9 Å². The number of hydrogen-bond acceptors (Lipinski definition) is 10. The molecule has 41 heavy (non-hydrogen) atoms. The maximum atomic E-state index is 13.0. The Morgan fingerprint density at radius 3 is 1.95 bits per heavy atom. The topological polar surface area (TPSA) is 125 Å². The van der Waals surface area contributed by atoms with Crippen LogP contribution in [0.4, 0.5) is 5.69 Å². The molecule has 2 N–H and O–H groups in total. The van der Waals surface area contributed by atoms with E-state index in [9.17, 15) is 8.42 Å². The van der Waals surface area contributed by atoms with Gasteiger partial charge in [-0.25, -0.2) is 8.42 Å².